The number of nitrogens with zero attached hydrogens (tertiary/aromatic N) is 1. The minimum Gasteiger partial charge on any atom is -0.497 e. The summed E-state index contributed by atoms with van der Waals surface area (Å²) < 4.78 is 32.5. The molecule has 0 unspecified atom stereocenters. The molecule has 8 heteroatoms. The lowest BCUT2D eigenvalue weighted by Crippen LogP contribution is -2.31. The summed E-state index contributed by atoms with van der Waals surface area (Å²) in [7, 11) is -2.03. The number of nitrogens with one attached hydrogen (secondary N) is 1. The first-order valence-corrected chi connectivity index (χ1v) is 12.3. The van der Waals surface area contributed by atoms with Crippen molar-refractivity contribution < 1.29 is 17.9 Å². The minimum atomic E-state index is -3.64. The Morgan fingerprint density at radius 2 is 1.77 bits per heavy atom. The zero-order valence-electron chi connectivity index (χ0n) is 18.1. The van der Waals surface area contributed by atoms with E-state index in [1.54, 1.807) is 7.11 Å². The number of methoxy groups -OCH3 is 1. The van der Waals surface area contributed by atoms with Crippen molar-refractivity contribution in [2.75, 3.05) is 20.2 Å². The van der Waals surface area contributed by atoms with Crippen molar-refractivity contribution in [2.45, 2.75) is 44.0 Å². The van der Waals surface area contributed by atoms with E-state index in [1.807, 2.05) is 24.3 Å². The number of rotatable bonds is 8. The molecule has 2 aromatic rings. The third-order valence-corrected chi connectivity index (χ3v) is 7.64. The molecule has 1 atom stereocenters. The molecule has 1 heterocycles. The van der Waals surface area contributed by atoms with Gasteiger partial charge < -0.3 is 10.1 Å². The maximum atomic E-state index is 13.1. The molecule has 2 aromatic carbocycles. The van der Waals surface area contributed by atoms with Gasteiger partial charge in [-0.2, -0.15) is 4.31 Å². The Hall–Kier alpha value is -2.09. The Bertz CT molecular complexity index is 1020. The smallest absolute Gasteiger partial charge is 0.253 e. The van der Waals surface area contributed by atoms with Gasteiger partial charge in [-0.1, -0.05) is 37.6 Å². The van der Waals surface area contributed by atoms with Gasteiger partial charge in [0.15, 0.2) is 0 Å². The average Bonchev–Trinajstić information content (AvgIpc) is 3.29. The van der Waals surface area contributed by atoms with Crippen LogP contribution in [0.15, 0.2) is 47.4 Å². The first kappa shape index (κ1) is 23.6. The molecule has 1 fully saturated rings. The maximum Gasteiger partial charge on any atom is 0.253 e. The zero-order valence-corrected chi connectivity index (χ0v) is 19.7. The quantitative estimate of drug-likeness (QED) is 0.617. The number of benzene rings is 2. The third-order valence-electron chi connectivity index (χ3n) is 5.42. The predicted molar refractivity (Wildman–Crippen MR) is 122 cm³/mol. The number of carbonyl (C=O) groups is 1. The maximum absolute atomic E-state index is 13.1. The molecule has 1 aliphatic heterocycles. The van der Waals surface area contributed by atoms with Gasteiger partial charge in [-0.3, -0.25) is 4.79 Å². The van der Waals surface area contributed by atoms with Crippen LogP contribution in [0.5, 0.6) is 5.75 Å². The van der Waals surface area contributed by atoms with Crippen molar-refractivity contribution in [1.29, 1.82) is 0 Å². The summed E-state index contributed by atoms with van der Waals surface area (Å²) in [4.78, 5) is 13.2. The third kappa shape index (κ3) is 5.59. The van der Waals surface area contributed by atoms with Crippen molar-refractivity contribution in [3.05, 3.63) is 58.6 Å². The molecule has 1 aliphatic rings. The van der Waals surface area contributed by atoms with Crippen LogP contribution in [0.3, 0.4) is 0 Å². The highest BCUT2D eigenvalue weighted by molar-refractivity contribution is 7.89. The first-order valence-electron chi connectivity index (χ1n) is 10.5. The monoisotopic (exact) mass is 464 g/mol. The summed E-state index contributed by atoms with van der Waals surface area (Å²) in [5.74, 6) is 0.677. The summed E-state index contributed by atoms with van der Waals surface area (Å²) in [5, 5.41) is 3.25. The first-order chi connectivity index (χ1) is 14.7. The summed E-state index contributed by atoms with van der Waals surface area (Å²) >= 11 is 6.29. The van der Waals surface area contributed by atoms with Crippen LogP contribution in [0.2, 0.25) is 5.02 Å². The summed E-state index contributed by atoms with van der Waals surface area (Å²) in [6, 6.07) is 11.6. The Labute approximate surface area is 189 Å². The number of hydrogen-bond donors (Lipinski definition) is 1. The Morgan fingerprint density at radius 1 is 1.13 bits per heavy atom. The minimum absolute atomic E-state index is 0.0915. The lowest BCUT2D eigenvalue weighted by atomic mass is 9.96. The fourth-order valence-electron chi connectivity index (χ4n) is 3.74. The molecule has 1 N–H and O–H groups in total. The lowest BCUT2D eigenvalue weighted by molar-refractivity contribution is 0.0932. The van der Waals surface area contributed by atoms with E-state index in [9.17, 15) is 13.2 Å². The van der Waals surface area contributed by atoms with Crippen molar-refractivity contribution >= 4 is 27.5 Å². The van der Waals surface area contributed by atoms with Crippen molar-refractivity contribution in [3.8, 4) is 5.75 Å². The molecule has 0 bridgehead atoms. The molecule has 0 radical (unpaired) electrons. The van der Waals surface area contributed by atoms with Crippen LogP contribution < -0.4 is 10.1 Å². The second-order valence-corrected chi connectivity index (χ2v) is 10.5. The summed E-state index contributed by atoms with van der Waals surface area (Å²) in [6.45, 7) is 5.17. The van der Waals surface area contributed by atoms with Crippen molar-refractivity contribution in [3.63, 3.8) is 0 Å². The van der Waals surface area contributed by atoms with E-state index < -0.39 is 15.9 Å². The fraction of sp³-hybridized carbons (Fsp3) is 0.435. The molecule has 1 amide bonds. The van der Waals surface area contributed by atoms with Crippen LogP contribution in [0, 0.1) is 5.92 Å². The van der Waals surface area contributed by atoms with E-state index in [0.29, 0.717) is 19.0 Å². The summed E-state index contributed by atoms with van der Waals surface area (Å²) in [6.07, 6.45) is 2.42. The largest absolute Gasteiger partial charge is 0.497 e. The van der Waals surface area contributed by atoms with Gasteiger partial charge in [-0.05, 0) is 61.1 Å². The normalized spacial score (nSPS) is 15.8. The molecule has 0 spiro atoms. The molecule has 0 saturated carbocycles. The van der Waals surface area contributed by atoms with Crippen molar-refractivity contribution in [2.24, 2.45) is 5.92 Å². The van der Waals surface area contributed by atoms with E-state index in [0.717, 1.165) is 30.6 Å². The van der Waals surface area contributed by atoms with Gasteiger partial charge in [0.25, 0.3) is 5.91 Å². The number of amides is 1. The standard InChI is InChI=1S/C23H29ClN2O4S/c1-16(2)14-22(17-6-8-18(30-3)9-7-17)25-23(27)20-15-19(10-11-21(20)24)31(28,29)26-12-4-5-13-26/h6-11,15-16,22H,4-5,12-14H2,1-3H3,(H,25,27)/t22-/m0/s1. The molecule has 3 rings (SSSR count). The van der Waals surface area contributed by atoms with Crippen LogP contribution in [-0.2, 0) is 10.0 Å². The fourth-order valence-corrected chi connectivity index (χ4v) is 5.49. The Morgan fingerprint density at radius 3 is 2.35 bits per heavy atom. The topological polar surface area (TPSA) is 75.7 Å². The number of carbonyl (C=O) groups excluding carboxylic acids is 1. The molecule has 168 valence electrons. The van der Waals surface area contributed by atoms with Crippen LogP contribution in [0.1, 0.15) is 55.1 Å². The van der Waals surface area contributed by atoms with Crippen LogP contribution in [0.4, 0.5) is 0 Å². The molecule has 31 heavy (non-hydrogen) atoms. The van der Waals surface area contributed by atoms with E-state index in [2.05, 4.69) is 19.2 Å². The highest BCUT2D eigenvalue weighted by atomic mass is 35.5. The number of ether oxygens (including phenoxy) is 1. The SMILES string of the molecule is COc1ccc([C@H](CC(C)C)NC(=O)c2cc(S(=O)(=O)N3CCCC3)ccc2Cl)cc1. The number of halogens is 1. The molecular weight excluding hydrogens is 436 g/mol. The predicted octanol–water partition coefficient (Wildman–Crippen LogP) is 4.65. The average molecular weight is 465 g/mol. The molecule has 1 saturated heterocycles. The van der Waals surface area contributed by atoms with Gasteiger partial charge in [-0.25, -0.2) is 8.42 Å². The van der Waals surface area contributed by atoms with Crippen LogP contribution >= 0.6 is 11.6 Å². The Kier molecular flexibility index (Phi) is 7.62. The van der Waals surface area contributed by atoms with Gasteiger partial charge >= 0.3 is 0 Å². The van der Waals surface area contributed by atoms with E-state index in [-0.39, 0.29) is 21.5 Å². The molecule has 0 aromatic heterocycles. The second-order valence-electron chi connectivity index (χ2n) is 8.18. The lowest BCUT2D eigenvalue weighted by Gasteiger charge is -2.22. The van der Waals surface area contributed by atoms with Gasteiger partial charge in [0.2, 0.25) is 10.0 Å². The van der Waals surface area contributed by atoms with E-state index in [1.165, 1.54) is 22.5 Å². The highest BCUT2D eigenvalue weighted by Crippen LogP contribution is 2.28. The Balaban J connectivity index is 1.87. The second kappa shape index (κ2) is 10.0. The highest BCUT2D eigenvalue weighted by Gasteiger charge is 2.28. The molecule has 0 aliphatic carbocycles. The van der Waals surface area contributed by atoms with Crippen LogP contribution in [-0.4, -0.2) is 38.8 Å². The number of hydrogen-bond acceptors (Lipinski definition) is 4. The molecular formula is C23H29ClN2O4S. The van der Waals surface area contributed by atoms with Crippen molar-refractivity contribution in [1.82, 2.24) is 9.62 Å². The zero-order chi connectivity index (χ0) is 22.6. The number of sulfonamides is 1. The molecule has 6 nitrogen and oxygen atoms in total. The van der Waals surface area contributed by atoms with E-state index in [4.69, 9.17) is 16.3 Å². The van der Waals surface area contributed by atoms with Gasteiger partial charge in [-0.15, -0.1) is 0 Å². The van der Waals surface area contributed by atoms with E-state index >= 15 is 0 Å². The van der Waals surface area contributed by atoms with Crippen LogP contribution in [0.25, 0.3) is 0 Å². The van der Waals surface area contributed by atoms with Gasteiger partial charge in [0.05, 0.1) is 28.6 Å². The van der Waals surface area contributed by atoms with Gasteiger partial charge in [0.1, 0.15) is 5.75 Å². The van der Waals surface area contributed by atoms with Gasteiger partial charge in [0, 0.05) is 13.1 Å². The summed E-state index contributed by atoms with van der Waals surface area (Å²) in [5.41, 5.74) is 1.10.